The van der Waals surface area contributed by atoms with E-state index in [1.165, 1.54) is 19.3 Å². The number of unbranched alkanes of at least 4 members (excludes halogenated alkanes) is 3. The topological polar surface area (TPSA) is 41.1 Å². The molecular formula is C12H26N2O. The summed E-state index contributed by atoms with van der Waals surface area (Å²) in [6.07, 6.45) is 5.45. The summed E-state index contributed by atoms with van der Waals surface area (Å²) in [5.41, 5.74) is 0. The van der Waals surface area contributed by atoms with Gasteiger partial charge in [-0.05, 0) is 32.4 Å². The molecule has 0 aromatic rings. The molecule has 0 spiro atoms. The Hall–Kier alpha value is -0.570. The van der Waals surface area contributed by atoms with Gasteiger partial charge < -0.3 is 10.6 Å². The fraction of sp³-hybridized carbons (Fsp3) is 0.917. The lowest BCUT2D eigenvalue weighted by atomic mass is 10.1. The van der Waals surface area contributed by atoms with Crippen LogP contribution < -0.4 is 10.6 Å². The standard InChI is InChI=1S/C12H26N2O/c1-11(2)10-12(15)14-9-7-5-4-6-8-13-3/h11,13H,4-10H2,1-3H3,(H,14,15). The van der Waals surface area contributed by atoms with Gasteiger partial charge in [-0.1, -0.05) is 26.7 Å². The van der Waals surface area contributed by atoms with Crippen molar-refractivity contribution in [2.45, 2.75) is 46.0 Å². The lowest BCUT2D eigenvalue weighted by Gasteiger charge is -2.06. The smallest absolute Gasteiger partial charge is 0.220 e. The lowest BCUT2D eigenvalue weighted by molar-refractivity contribution is -0.121. The molecule has 90 valence electrons. The van der Waals surface area contributed by atoms with Crippen molar-refractivity contribution >= 4 is 5.91 Å². The van der Waals surface area contributed by atoms with Crippen molar-refractivity contribution in [3.63, 3.8) is 0 Å². The monoisotopic (exact) mass is 214 g/mol. The van der Waals surface area contributed by atoms with E-state index in [0.717, 1.165) is 19.5 Å². The van der Waals surface area contributed by atoms with Gasteiger partial charge in [0.25, 0.3) is 0 Å². The first-order chi connectivity index (χ1) is 7.16. The summed E-state index contributed by atoms with van der Waals surface area (Å²) in [7, 11) is 1.98. The molecule has 0 saturated heterocycles. The van der Waals surface area contributed by atoms with E-state index < -0.39 is 0 Å². The average molecular weight is 214 g/mol. The summed E-state index contributed by atoms with van der Waals surface area (Å²) in [6.45, 7) is 6.07. The normalized spacial score (nSPS) is 10.7. The zero-order valence-corrected chi connectivity index (χ0v) is 10.4. The summed E-state index contributed by atoms with van der Waals surface area (Å²) in [6, 6.07) is 0. The van der Waals surface area contributed by atoms with Crippen molar-refractivity contribution in [3.05, 3.63) is 0 Å². The van der Waals surface area contributed by atoms with Crippen LogP contribution in [0.15, 0.2) is 0 Å². The highest BCUT2D eigenvalue weighted by Gasteiger charge is 2.02. The van der Waals surface area contributed by atoms with Crippen molar-refractivity contribution in [1.82, 2.24) is 10.6 Å². The number of hydrogen-bond acceptors (Lipinski definition) is 2. The molecule has 0 rings (SSSR count). The van der Waals surface area contributed by atoms with Gasteiger partial charge in [0.05, 0.1) is 0 Å². The van der Waals surface area contributed by atoms with Crippen LogP contribution in [0.25, 0.3) is 0 Å². The molecule has 0 radical (unpaired) electrons. The van der Waals surface area contributed by atoms with Crippen molar-refractivity contribution in [2.24, 2.45) is 5.92 Å². The summed E-state index contributed by atoms with van der Waals surface area (Å²) < 4.78 is 0. The van der Waals surface area contributed by atoms with E-state index in [2.05, 4.69) is 24.5 Å². The molecule has 0 aliphatic carbocycles. The summed E-state index contributed by atoms with van der Waals surface area (Å²) in [4.78, 5) is 11.3. The Bertz CT molecular complexity index is 158. The number of nitrogens with one attached hydrogen (secondary N) is 2. The van der Waals surface area contributed by atoms with Crippen molar-refractivity contribution in [3.8, 4) is 0 Å². The zero-order chi connectivity index (χ0) is 11.5. The van der Waals surface area contributed by atoms with Crippen LogP contribution in [-0.2, 0) is 4.79 Å². The van der Waals surface area contributed by atoms with Crippen LogP contribution in [0.1, 0.15) is 46.0 Å². The van der Waals surface area contributed by atoms with Crippen molar-refractivity contribution in [1.29, 1.82) is 0 Å². The predicted molar refractivity (Wildman–Crippen MR) is 64.9 cm³/mol. The Morgan fingerprint density at radius 3 is 2.20 bits per heavy atom. The summed E-state index contributed by atoms with van der Waals surface area (Å²) >= 11 is 0. The second-order valence-electron chi connectivity index (χ2n) is 4.47. The molecule has 0 atom stereocenters. The highest BCUT2D eigenvalue weighted by Crippen LogP contribution is 2.00. The summed E-state index contributed by atoms with van der Waals surface area (Å²) in [5, 5.41) is 6.08. The molecule has 3 heteroatoms. The molecule has 0 aromatic heterocycles. The predicted octanol–water partition coefficient (Wildman–Crippen LogP) is 1.93. The molecule has 1 amide bonds. The second kappa shape index (κ2) is 9.97. The van der Waals surface area contributed by atoms with Gasteiger partial charge in [0, 0.05) is 13.0 Å². The van der Waals surface area contributed by atoms with Gasteiger partial charge in [-0.25, -0.2) is 0 Å². The Morgan fingerprint density at radius 1 is 1.07 bits per heavy atom. The maximum atomic E-state index is 11.3. The Balaban J connectivity index is 3.13. The molecule has 3 nitrogen and oxygen atoms in total. The van der Waals surface area contributed by atoms with Gasteiger partial charge in [-0.15, -0.1) is 0 Å². The average Bonchev–Trinajstić information content (AvgIpc) is 2.15. The van der Waals surface area contributed by atoms with Gasteiger partial charge in [0.2, 0.25) is 5.91 Å². The SMILES string of the molecule is CNCCCCCCNC(=O)CC(C)C. The van der Waals surface area contributed by atoms with Crippen LogP contribution >= 0.6 is 0 Å². The minimum absolute atomic E-state index is 0.195. The van der Waals surface area contributed by atoms with Gasteiger partial charge >= 0.3 is 0 Å². The van der Waals surface area contributed by atoms with E-state index in [-0.39, 0.29) is 5.91 Å². The third kappa shape index (κ3) is 11.4. The van der Waals surface area contributed by atoms with Crippen LogP contribution in [0.3, 0.4) is 0 Å². The second-order valence-corrected chi connectivity index (χ2v) is 4.47. The third-order valence-corrected chi connectivity index (χ3v) is 2.27. The number of carbonyl (C=O) groups is 1. The Kier molecular flexibility index (Phi) is 9.59. The molecule has 15 heavy (non-hydrogen) atoms. The maximum Gasteiger partial charge on any atom is 0.220 e. The number of amides is 1. The van der Waals surface area contributed by atoms with Crippen LogP contribution in [0, 0.1) is 5.92 Å². The summed E-state index contributed by atoms with van der Waals surface area (Å²) in [5.74, 6) is 0.654. The van der Waals surface area contributed by atoms with E-state index >= 15 is 0 Å². The fourth-order valence-corrected chi connectivity index (χ4v) is 1.45. The molecular weight excluding hydrogens is 188 g/mol. The molecule has 2 N–H and O–H groups in total. The third-order valence-electron chi connectivity index (χ3n) is 2.27. The highest BCUT2D eigenvalue weighted by atomic mass is 16.1. The Morgan fingerprint density at radius 2 is 1.67 bits per heavy atom. The minimum atomic E-state index is 0.195. The first-order valence-corrected chi connectivity index (χ1v) is 6.08. The van der Waals surface area contributed by atoms with Crippen LogP contribution in [0.2, 0.25) is 0 Å². The van der Waals surface area contributed by atoms with Crippen molar-refractivity contribution in [2.75, 3.05) is 20.1 Å². The zero-order valence-electron chi connectivity index (χ0n) is 10.4. The fourth-order valence-electron chi connectivity index (χ4n) is 1.45. The molecule has 0 aromatic carbocycles. The van der Waals surface area contributed by atoms with Crippen LogP contribution in [0.4, 0.5) is 0 Å². The maximum absolute atomic E-state index is 11.3. The first-order valence-electron chi connectivity index (χ1n) is 6.08. The van der Waals surface area contributed by atoms with E-state index in [0.29, 0.717) is 12.3 Å². The molecule has 0 unspecified atom stereocenters. The first kappa shape index (κ1) is 14.4. The molecule has 0 fully saturated rings. The van der Waals surface area contributed by atoms with Crippen molar-refractivity contribution < 1.29 is 4.79 Å². The van der Waals surface area contributed by atoms with Crippen LogP contribution in [-0.4, -0.2) is 26.0 Å². The van der Waals surface area contributed by atoms with E-state index in [4.69, 9.17) is 0 Å². The Labute approximate surface area is 94.0 Å². The van der Waals surface area contributed by atoms with Crippen LogP contribution in [0.5, 0.6) is 0 Å². The van der Waals surface area contributed by atoms with E-state index in [1.54, 1.807) is 0 Å². The van der Waals surface area contributed by atoms with E-state index in [9.17, 15) is 4.79 Å². The molecule has 0 heterocycles. The number of rotatable bonds is 9. The quantitative estimate of drug-likeness (QED) is 0.576. The minimum Gasteiger partial charge on any atom is -0.356 e. The molecule has 0 aliphatic heterocycles. The van der Waals surface area contributed by atoms with Gasteiger partial charge in [0.15, 0.2) is 0 Å². The van der Waals surface area contributed by atoms with Gasteiger partial charge in [-0.2, -0.15) is 0 Å². The van der Waals surface area contributed by atoms with E-state index in [1.807, 2.05) is 7.05 Å². The lowest BCUT2D eigenvalue weighted by Crippen LogP contribution is -2.25. The van der Waals surface area contributed by atoms with Gasteiger partial charge in [-0.3, -0.25) is 4.79 Å². The van der Waals surface area contributed by atoms with Gasteiger partial charge in [0.1, 0.15) is 0 Å². The largest absolute Gasteiger partial charge is 0.356 e. The molecule has 0 aliphatic rings. The number of hydrogen-bond donors (Lipinski definition) is 2. The molecule has 0 saturated carbocycles. The highest BCUT2D eigenvalue weighted by molar-refractivity contribution is 5.75. The molecule has 0 bridgehead atoms. The number of carbonyl (C=O) groups excluding carboxylic acids is 1.